The van der Waals surface area contributed by atoms with Crippen molar-refractivity contribution in [3.8, 4) is 0 Å². The first-order chi connectivity index (χ1) is 9.42. The molecule has 0 atom stereocenters. The van der Waals surface area contributed by atoms with Crippen LogP contribution >= 0.6 is 0 Å². The molecular formula is C13H16N2O4S. The molecule has 0 aliphatic carbocycles. The molecule has 0 spiro atoms. The number of hydrogen-bond acceptors (Lipinski definition) is 5. The quantitative estimate of drug-likeness (QED) is 0.866. The van der Waals surface area contributed by atoms with Crippen molar-refractivity contribution in [2.24, 2.45) is 0 Å². The van der Waals surface area contributed by atoms with Gasteiger partial charge in [0.05, 0.1) is 23.7 Å². The Hall–Kier alpha value is -1.70. The van der Waals surface area contributed by atoms with Gasteiger partial charge in [-0.15, -0.1) is 0 Å². The van der Waals surface area contributed by atoms with Crippen molar-refractivity contribution >= 4 is 10.0 Å². The molecule has 0 saturated carbocycles. The molecule has 0 amide bonds. The Balaban J connectivity index is 2.10. The van der Waals surface area contributed by atoms with Crippen molar-refractivity contribution < 1.29 is 17.9 Å². The van der Waals surface area contributed by atoms with E-state index in [4.69, 9.17) is 9.52 Å². The van der Waals surface area contributed by atoms with Crippen LogP contribution in [0.2, 0.25) is 0 Å². The number of sulfonamides is 1. The SMILES string of the molecule is Cc1nc(CNS(=O)(=O)c2ccc(CO)cc2)oc1C. The normalized spacial score (nSPS) is 11.8. The first-order valence-corrected chi connectivity index (χ1v) is 7.53. The maximum absolute atomic E-state index is 12.1. The predicted molar refractivity (Wildman–Crippen MR) is 72.4 cm³/mol. The van der Waals surface area contributed by atoms with Crippen LogP contribution in [-0.2, 0) is 23.2 Å². The van der Waals surface area contributed by atoms with Gasteiger partial charge in [-0.05, 0) is 31.5 Å². The predicted octanol–water partition coefficient (Wildman–Crippen LogP) is 1.26. The molecule has 0 fully saturated rings. The van der Waals surface area contributed by atoms with Crippen LogP contribution < -0.4 is 4.72 Å². The Morgan fingerprint density at radius 1 is 1.25 bits per heavy atom. The van der Waals surface area contributed by atoms with E-state index in [1.165, 1.54) is 12.1 Å². The molecule has 0 bridgehead atoms. The summed E-state index contributed by atoms with van der Waals surface area (Å²) in [6, 6.07) is 6.02. The molecule has 1 aromatic carbocycles. The molecule has 6 nitrogen and oxygen atoms in total. The van der Waals surface area contributed by atoms with Crippen LogP contribution in [0.4, 0.5) is 0 Å². The molecule has 2 N–H and O–H groups in total. The number of aliphatic hydroxyl groups is 1. The molecule has 20 heavy (non-hydrogen) atoms. The van der Waals surface area contributed by atoms with Crippen molar-refractivity contribution in [2.45, 2.75) is 31.9 Å². The second kappa shape index (κ2) is 5.74. The Bertz CT molecular complexity index is 670. The monoisotopic (exact) mass is 296 g/mol. The lowest BCUT2D eigenvalue weighted by Gasteiger charge is -2.05. The highest BCUT2D eigenvalue weighted by atomic mass is 32.2. The summed E-state index contributed by atoms with van der Waals surface area (Å²) in [7, 11) is -3.62. The molecule has 108 valence electrons. The highest BCUT2D eigenvalue weighted by molar-refractivity contribution is 7.89. The van der Waals surface area contributed by atoms with E-state index < -0.39 is 10.0 Å². The molecule has 0 saturated heterocycles. The molecule has 0 aliphatic heterocycles. The smallest absolute Gasteiger partial charge is 0.241 e. The number of hydrogen-bond donors (Lipinski definition) is 2. The summed E-state index contributed by atoms with van der Waals surface area (Å²) in [5.74, 6) is 1.00. The van der Waals surface area contributed by atoms with E-state index in [0.29, 0.717) is 17.2 Å². The van der Waals surface area contributed by atoms with E-state index in [1.807, 2.05) is 0 Å². The van der Waals surface area contributed by atoms with E-state index >= 15 is 0 Å². The number of aromatic nitrogens is 1. The standard InChI is InChI=1S/C13H16N2O4S/c1-9-10(2)19-13(15-9)7-14-20(17,18)12-5-3-11(8-16)4-6-12/h3-6,14,16H,7-8H2,1-2H3. The Morgan fingerprint density at radius 2 is 1.90 bits per heavy atom. The van der Waals surface area contributed by atoms with E-state index in [-0.39, 0.29) is 18.0 Å². The van der Waals surface area contributed by atoms with Crippen LogP contribution in [-0.4, -0.2) is 18.5 Å². The Labute approximate surface area is 117 Å². The van der Waals surface area contributed by atoms with Gasteiger partial charge in [-0.25, -0.2) is 18.1 Å². The van der Waals surface area contributed by atoms with Crippen LogP contribution in [0.25, 0.3) is 0 Å². The average molecular weight is 296 g/mol. The molecule has 2 rings (SSSR count). The second-order valence-electron chi connectivity index (χ2n) is 4.38. The third-order valence-corrected chi connectivity index (χ3v) is 4.32. The molecule has 1 heterocycles. The van der Waals surface area contributed by atoms with Crippen LogP contribution in [0.15, 0.2) is 33.6 Å². The lowest BCUT2D eigenvalue weighted by molar-refractivity contribution is 0.282. The first-order valence-electron chi connectivity index (χ1n) is 6.05. The van der Waals surface area contributed by atoms with Crippen LogP contribution in [0.5, 0.6) is 0 Å². The third-order valence-electron chi connectivity index (χ3n) is 2.90. The van der Waals surface area contributed by atoms with E-state index in [0.717, 1.165) is 5.69 Å². The first kappa shape index (κ1) is 14.7. The van der Waals surface area contributed by atoms with Gasteiger partial charge >= 0.3 is 0 Å². The Morgan fingerprint density at radius 3 is 2.40 bits per heavy atom. The van der Waals surface area contributed by atoms with Crippen molar-refractivity contribution in [1.29, 1.82) is 0 Å². The maximum atomic E-state index is 12.1. The topological polar surface area (TPSA) is 92.4 Å². The molecule has 7 heteroatoms. The van der Waals surface area contributed by atoms with Gasteiger partial charge in [0.25, 0.3) is 0 Å². The van der Waals surface area contributed by atoms with Gasteiger partial charge in [0.2, 0.25) is 15.9 Å². The van der Waals surface area contributed by atoms with Gasteiger partial charge in [0.1, 0.15) is 5.76 Å². The number of benzene rings is 1. The minimum Gasteiger partial charge on any atom is -0.444 e. The van der Waals surface area contributed by atoms with E-state index in [1.54, 1.807) is 26.0 Å². The summed E-state index contributed by atoms with van der Waals surface area (Å²) in [5.41, 5.74) is 1.40. The van der Waals surface area contributed by atoms with E-state index in [9.17, 15) is 8.42 Å². The van der Waals surface area contributed by atoms with Crippen molar-refractivity contribution in [2.75, 3.05) is 0 Å². The van der Waals surface area contributed by atoms with Crippen LogP contribution in [0, 0.1) is 13.8 Å². The summed E-state index contributed by atoms with van der Waals surface area (Å²) < 4.78 is 31.8. The number of aliphatic hydroxyl groups excluding tert-OH is 1. The van der Waals surface area contributed by atoms with Crippen LogP contribution in [0.3, 0.4) is 0 Å². The summed E-state index contributed by atoms with van der Waals surface area (Å²) in [4.78, 5) is 4.24. The van der Waals surface area contributed by atoms with Gasteiger partial charge in [0, 0.05) is 0 Å². The summed E-state index contributed by atoms with van der Waals surface area (Å²) in [6.07, 6.45) is 0. The largest absolute Gasteiger partial charge is 0.444 e. The fourth-order valence-electron chi connectivity index (χ4n) is 1.63. The highest BCUT2D eigenvalue weighted by Gasteiger charge is 2.15. The molecule has 2 aromatic rings. The highest BCUT2D eigenvalue weighted by Crippen LogP contribution is 2.12. The lowest BCUT2D eigenvalue weighted by Crippen LogP contribution is -2.23. The van der Waals surface area contributed by atoms with Crippen molar-refractivity contribution in [1.82, 2.24) is 9.71 Å². The van der Waals surface area contributed by atoms with Crippen LogP contribution in [0.1, 0.15) is 22.9 Å². The zero-order chi connectivity index (χ0) is 14.8. The molecule has 0 aliphatic rings. The minimum absolute atomic E-state index is 0.00123. The molecular weight excluding hydrogens is 280 g/mol. The van der Waals surface area contributed by atoms with Gasteiger partial charge in [-0.1, -0.05) is 12.1 Å². The fraction of sp³-hybridized carbons (Fsp3) is 0.308. The average Bonchev–Trinajstić information content (AvgIpc) is 2.76. The molecule has 0 unspecified atom stereocenters. The number of nitrogens with zero attached hydrogens (tertiary/aromatic N) is 1. The number of oxazole rings is 1. The zero-order valence-corrected chi connectivity index (χ0v) is 12.1. The maximum Gasteiger partial charge on any atom is 0.241 e. The second-order valence-corrected chi connectivity index (χ2v) is 6.14. The lowest BCUT2D eigenvalue weighted by atomic mass is 10.2. The minimum atomic E-state index is -3.62. The number of nitrogens with one attached hydrogen (secondary N) is 1. The van der Waals surface area contributed by atoms with Crippen molar-refractivity contribution in [3.63, 3.8) is 0 Å². The number of aryl methyl sites for hydroxylation is 2. The van der Waals surface area contributed by atoms with Crippen molar-refractivity contribution in [3.05, 3.63) is 47.2 Å². The van der Waals surface area contributed by atoms with E-state index in [2.05, 4.69) is 9.71 Å². The Kier molecular flexibility index (Phi) is 4.22. The van der Waals surface area contributed by atoms with Gasteiger partial charge in [-0.3, -0.25) is 0 Å². The van der Waals surface area contributed by atoms with Gasteiger partial charge < -0.3 is 9.52 Å². The summed E-state index contributed by atoms with van der Waals surface area (Å²) >= 11 is 0. The summed E-state index contributed by atoms with van der Waals surface area (Å²) in [5, 5.41) is 8.93. The summed E-state index contributed by atoms with van der Waals surface area (Å²) in [6.45, 7) is 3.44. The fourth-order valence-corrected chi connectivity index (χ4v) is 2.60. The molecule has 1 aromatic heterocycles. The molecule has 0 radical (unpaired) electrons. The number of rotatable bonds is 5. The van der Waals surface area contributed by atoms with Gasteiger partial charge in [-0.2, -0.15) is 0 Å². The third kappa shape index (κ3) is 3.24. The van der Waals surface area contributed by atoms with Gasteiger partial charge in [0.15, 0.2) is 0 Å². The zero-order valence-electron chi connectivity index (χ0n) is 11.3.